The van der Waals surface area contributed by atoms with Crippen LogP contribution < -0.4 is 18.9 Å². The minimum atomic E-state index is 0. The summed E-state index contributed by atoms with van der Waals surface area (Å²) in [5.74, 6) is 0. The van der Waals surface area contributed by atoms with E-state index in [0.29, 0.717) is 0 Å². The van der Waals surface area contributed by atoms with Gasteiger partial charge in [-0.3, -0.25) is 4.98 Å². The SMILES string of the molecule is [CH2-]c1ccc2cc(C)ccc2n1.[Li+]. The van der Waals surface area contributed by atoms with E-state index in [-0.39, 0.29) is 18.9 Å². The van der Waals surface area contributed by atoms with Crippen molar-refractivity contribution < 1.29 is 18.9 Å². The second-order valence-corrected chi connectivity index (χ2v) is 3.00. The zero-order chi connectivity index (χ0) is 8.55. The van der Waals surface area contributed by atoms with Crippen LogP contribution in [0.15, 0.2) is 30.3 Å². The number of hydrogen-bond acceptors (Lipinski definition) is 1. The Hall–Kier alpha value is -0.903. The summed E-state index contributed by atoms with van der Waals surface area (Å²) in [4.78, 5) is 4.31. The molecule has 13 heavy (non-hydrogen) atoms. The molecule has 0 aliphatic rings. The van der Waals surface area contributed by atoms with Crippen molar-refractivity contribution in [1.82, 2.24) is 4.98 Å². The molecule has 1 aromatic carbocycles. The minimum absolute atomic E-state index is 0. The number of nitrogens with zero attached hydrogens (tertiary/aromatic N) is 1. The van der Waals surface area contributed by atoms with Gasteiger partial charge < -0.3 is 0 Å². The van der Waals surface area contributed by atoms with E-state index in [4.69, 9.17) is 0 Å². The molecule has 0 spiro atoms. The van der Waals surface area contributed by atoms with Crippen LogP contribution in [0.5, 0.6) is 0 Å². The van der Waals surface area contributed by atoms with E-state index < -0.39 is 0 Å². The first-order chi connectivity index (χ1) is 5.75. The molecule has 0 saturated heterocycles. The molecule has 0 aliphatic carbocycles. The monoisotopic (exact) mass is 163 g/mol. The second-order valence-electron chi connectivity index (χ2n) is 3.00. The normalized spacial score (nSPS) is 9.62. The Morgan fingerprint density at radius 2 is 1.92 bits per heavy atom. The number of aryl methyl sites for hydroxylation is 1. The van der Waals surface area contributed by atoms with Crippen molar-refractivity contribution >= 4 is 10.9 Å². The van der Waals surface area contributed by atoms with Crippen molar-refractivity contribution in [2.75, 3.05) is 0 Å². The molecule has 0 amide bonds. The van der Waals surface area contributed by atoms with Gasteiger partial charge in [-0.15, -0.1) is 11.8 Å². The van der Waals surface area contributed by atoms with Crippen molar-refractivity contribution in [3.63, 3.8) is 0 Å². The van der Waals surface area contributed by atoms with Gasteiger partial charge in [0.2, 0.25) is 0 Å². The van der Waals surface area contributed by atoms with Gasteiger partial charge in [0, 0.05) is 0 Å². The Kier molecular flexibility index (Phi) is 3.03. The van der Waals surface area contributed by atoms with E-state index in [9.17, 15) is 0 Å². The predicted molar refractivity (Wildman–Crippen MR) is 50.9 cm³/mol. The first kappa shape index (κ1) is 10.2. The molecule has 1 heterocycles. The van der Waals surface area contributed by atoms with Crippen LogP contribution in [0.2, 0.25) is 0 Å². The molecule has 0 aliphatic heterocycles. The molecule has 2 rings (SSSR count). The maximum absolute atomic E-state index is 4.31. The third-order valence-electron chi connectivity index (χ3n) is 1.90. The van der Waals surface area contributed by atoms with Crippen molar-refractivity contribution in [3.8, 4) is 0 Å². The average molecular weight is 163 g/mol. The molecule has 2 aromatic rings. The number of rotatable bonds is 0. The van der Waals surface area contributed by atoms with Crippen molar-refractivity contribution in [2.45, 2.75) is 6.92 Å². The summed E-state index contributed by atoms with van der Waals surface area (Å²) in [6.07, 6.45) is 0. The first-order valence-corrected chi connectivity index (χ1v) is 3.95. The van der Waals surface area contributed by atoms with E-state index >= 15 is 0 Å². The molecular formula is C11H10LiN. The van der Waals surface area contributed by atoms with Crippen LogP contribution in [0, 0.1) is 13.8 Å². The van der Waals surface area contributed by atoms with Crippen LogP contribution in [0.1, 0.15) is 11.3 Å². The summed E-state index contributed by atoms with van der Waals surface area (Å²) in [6.45, 7) is 5.86. The van der Waals surface area contributed by atoms with Crippen LogP contribution >= 0.6 is 0 Å². The van der Waals surface area contributed by atoms with Crippen molar-refractivity contribution in [2.24, 2.45) is 0 Å². The molecule has 0 radical (unpaired) electrons. The van der Waals surface area contributed by atoms with Crippen molar-refractivity contribution in [1.29, 1.82) is 0 Å². The summed E-state index contributed by atoms with van der Waals surface area (Å²) in [6, 6.07) is 10.2. The number of aromatic nitrogens is 1. The Morgan fingerprint density at radius 1 is 1.15 bits per heavy atom. The van der Waals surface area contributed by atoms with Gasteiger partial charge in [0.1, 0.15) is 0 Å². The van der Waals surface area contributed by atoms with E-state index in [1.165, 1.54) is 10.9 Å². The Bertz CT molecular complexity index is 382. The van der Waals surface area contributed by atoms with E-state index in [2.05, 4.69) is 37.0 Å². The topological polar surface area (TPSA) is 12.9 Å². The van der Waals surface area contributed by atoms with Crippen LogP contribution in [0.4, 0.5) is 0 Å². The summed E-state index contributed by atoms with van der Waals surface area (Å²) in [5.41, 5.74) is 3.11. The smallest absolute Gasteiger partial charge is 0.287 e. The molecule has 0 unspecified atom stereocenters. The zero-order valence-corrected chi connectivity index (χ0v) is 8.04. The maximum Gasteiger partial charge on any atom is 1.00 e. The van der Waals surface area contributed by atoms with Crippen LogP contribution in [0.25, 0.3) is 10.9 Å². The summed E-state index contributed by atoms with van der Waals surface area (Å²) in [7, 11) is 0. The second kappa shape index (κ2) is 3.87. The third kappa shape index (κ3) is 2.06. The number of fused-ring (bicyclic) bond motifs is 1. The van der Waals surface area contributed by atoms with E-state index in [1.54, 1.807) is 0 Å². The molecule has 0 fully saturated rings. The number of benzene rings is 1. The standard InChI is InChI=1S/C11H10N.Li/c1-8-3-6-11-10(7-8)5-4-9(2)12-11;/h3-7H,2H2,1H3;/q-1;+1. The molecule has 1 nitrogen and oxygen atoms in total. The Labute approximate surface area is 90.4 Å². The summed E-state index contributed by atoms with van der Waals surface area (Å²) < 4.78 is 0. The van der Waals surface area contributed by atoms with Crippen molar-refractivity contribution in [3.05, 3.63) is 48.5 Å². The quantitative estimate of drug-likeness (QED) is 0.385. The fraction of sp³-hybridized carbons (Fsp3) is 0.0909. The van der Waals surface area contributed by atoms with Crippen LogP contribution in [-0.2, 0) is 0 Å². The van der Waals surface area contributed by atoms with Crippen LogP contribution in [0.3, 0.4) is 0 Å². The third-order valence-corrected chi connectivity index (χ3v) is 1.90. The fourth-order valence-corrected chi connectivity index (χ4v) is 1.29. The molecule has 2 heteroatoms. The molecule has 0 bridgehead atoms. The molecule has 0 atom stereocenters. The van der Waals surface area contributed by atoms with Gasteiger partial charge in [-0.05, 0) is 18.4 Å². The van der Waals surface area contributed by atoms with Crippen LogP contribution in [-0.4, -0.2) is 4.98 Å². The number of hydrogen-bond donors (Lipinski definition) is 0. The molecule has 60 valence electrons. The fourth-order valence-electron chi connectivity index (χ4n) is 1.29. The number of pyridine rings is 1. The molecule has 0 N–H and O–H groups in total. The predicted octanol–water partition coefficient (Wildman–Crippen LogP) is -0.271. The maximum atomic E-state index is 4.31. The van der Waals surface area contributed by atoms with E-state index in [1.807, 2.05) is 12.1 Å². The molecule has 0 saturated carbocycles. The minimum Gasteiger partial charge on any atom is -0.287 e. The first-order valence-electron chi connectivity index (χ1n) is 3.95. The van der Waals surface area contributed by atoms with Gasteiger partial charge in [-0.25, -0.2) is 6.92 Å². The zero-order valence-electron chi connectivity index (χ0n) is 8.04. The summed E-state index contributed by atoms with van der Waals surface area (Å²) >= 11 is 0. The van der Waals surface area contributed by atoms with Gasteiger partial charge in [0.15, 0.2) is 0 Å². The van der Waals surface area contributed by atoms with Gasteiger partial charge in [-0.1, -0.05) is 17.7 Å². The largest absolute Gasteiger partial charge is 1.00 e. The molecular weight excluding hydrogens is 153 g/mol. The van der Waals surface area contributed by atoms with Gasteiger partial charge in [0.25, 0.3) is 0 Å². The summed E-state index contributed by atoms with van der Waals surface area (Å²) in [5, 5.41) is 1.18. The average Bonchev–Trinajstić information content (AvgIpc) is 2.05. The van der Waals surface area contributed by atoms with Gasteiger partial charge >= 0.3 is 18.9 Å². The Balaban J connectivity index is 0.000000845. The van der Waals surface area contributed by atoms with E-state index in [0.717, 1.165) is 11.2 Å². The van der Waals surface area contributed by atoms with Gasteiger partial charge in [0.05, 0.1) is 5.52 Å². The molecule has 1 aromatic heterocycles. The Morgan fingerprint density at radius 3 is 2.69 bits per heavy atom. The van der Waals surface area contributed by atoms with Gasteiger partial charge in [-0.2, -0.15) is 6.07 Å².